The number of anilines is 1. The second-order valence-electron chi connectivity index (χ2n) is 6.26. The first-order valence-electron chi connectivity index (χ1n) is 9.30. The minimum absolute atomic E-state index is 0.177. The fraction of sp³-hybridized carbons (Fsp3) is 0.136. The highest BCUT2D eigenvalue weighted by Crippen LogP contribution is 2.29. The number of rotatable bonds is 7. The highest BCUT2D eigenvalue weighted by Gasteiger charge is 2.15. The molecule has 0 saturated heterocycles. The molecule has 2 aromatic heterocycles. The number of aromatic nitrogens is 2. The number of nitriles is 1. The molecule has 6 nitrogen and oxygen atoms in total. The number of carbonyl (C=O) groups excluding carboxylic acids is 1. The fourth-order valence-corrected chi connectivity index (χ4v) is 4.58. The van der Waals surface area contributed by atoms with Crippen LogP contribution in [0.5, 0.6) is 5.75 Å². The van der Waals surface area contributed by atoms with Crippen molar-refractivity contribution in [2.75, 3.05) is 17.7 Å². The van der Waals surface area contributed by atoms with Gasteiger partial charge in [-0.1, -0.05) is 23.9 Å². The molecule has 0 aliphatic rings. The van der Waals surface area contributed by atoms with Crippen LogP contribution < -0.4 is 10.1 Å². The minimum atomic E-state index is -0.177. The molecular formula is C22H18N4O2S2. The van der Waals surface area contributed by atoms with Crippen molar-refractivity contribution < 1.29 is 9.53 Å². The standard InChI is InChI=1S/C22H18N4O2S2/c1-2-28-17-9-7-16(8-10-17)26-19-6-4-3-5-18(19)24-22(26)30-14-20(27)25-21-15(13-23)11-12-29-21/h3-12H,2,14H2,1H3,(H,25,27). The van der Waals surface area contributed by atoms with Crippen LogP contribution in [0.3, 0.4) is 0 Å². The molecule has 2 aromatic carbocycles. The summed E-state index contributed by atoms with van der Waals surface area (Å²) in [4.78, 5) is 17.2. The second kappa shape index (κ2) is 9.03. The van der Waals surface area contributed by atoms with E-state index in [9.17, 15) is 4.79 Å². The SMILES string of the molecule is CCOc1ccc(-n2c(SCC(=O)Nc3sccc3C#N)nc3ccccc32)cc1. The summed E-state index contributed by atoms with van der Waals surface area (Å²) >= 11 is 2.69. The van der Waals surface area contributed by atoms with Crippen LogP contribution in [0.2, 0.25) is 0 Å². The van der Waals surface area contributed by atoms with Crippen LogP contribution in [0.15, 0.2) is 65.1 Å². The molecule has 0 bridgehead atoms. The van der Waals surface area contributed by atoms with Gasteiger partial charge in [-0.3, -0.25) is 9.36 Å². The first-order valence-corrected chi connectivity index (χ1v) is 11.2. The van der Waals surface area contributed by atoms with Crippen LogP contribution in [0.25, 0.3) is 16.7 Å². The lowest BCUT2D eigenvalue weighted by Gasteiger charge is -2.10. The Morgan fingerprint density at radius 3 is 2.80 bits per heavy atom. The largest absolute Gasteiger partial charge is 0.494 e. The zero-order valence-corrected chi connectivity index (χ0v) is 17.8. The number of benzene rings is 2. The van der Waals surface area contributed by atoms with Crippen LogP contribution in [-0.4, -0.2) is 27.8 Å². The predicted octanol–water partition coefficient (Wildman–Crippen LogP) is 5.09. The van der Waals surface area contributed by atoms with Gasteiger partial charge in [0.25, 0.3) is 0 Å². The molecule has 8 heteroatoms. The number of nitrogens with zero attached hydrogens (tertiary/aromatic N) is 3. The molecule has 2 heterocycles. The predicted molar refractivity (Wildman–Crippen MR) is 121 cm³/mol. The Bertz CT molecular complexity index is 1220. The molecule has 0 atom stereocenters. The summed E-state index contributed by atoms with van der Waals surface area (Å²) in [6, 6.07) is 19.5. The van der Waals surface area contributed by atoms with Gasteiger partial charge in [0, 0.05) is 5.69 Å². The molecule has 4 aromatic rings. The Labute approximate surface area is 182 Å². The number of nitrogens with one attached hydrogen (secondary N) is 1. The zero-order valence-electron chi connectivity index (χ0n) is 16.2. The van der Waals surface area contributed by atoms with E-state index < -0.39 is 0 Å². The van der Waals surface area contributed by atoms with E-state index in [0.29, 0.717) is 17.2 Å². The van der Waals surface area contributed by atoms with Crippen LogP contribution in [0.4, 0.5) is 5.00 Å². The van der Waals surface area contributed by atoms with Crippen LogP contribution in [0.1, 0.15) is 12.5 Å². The maximum Gasteiger partial charge on any atom is 0.235 e. The van der Waals surface area contributed by atoms with E-state index in [1.165, 1.54) is 23.1 Å². The van der Waals surface area contributed by atoms with Gasteiger partial charge in [0.1, 0.15) is 16.8 Å². The van der Waals surface area contributed by atoms with E-state index in [0.717, 1.165) is 27.6 Å². The van der Waals surface area contributed by atoms with Crippen molar-refractivity contribution in [2.24, 2.45) is 0 Å². The first kappa shape index (κ1) is 20.0. The van der Waals surface area contributed by atoms with Gasteiger partial charge in [-0.2, -0.15) is 5.26 Å². The lowest BCUT2D eigenvalue weighted by Crippen LogP contribution is -2.14. The average molecular weight is 435 g/mol. The number of thiophene rings is 1. The molecular weight excluding hydrogens is 416 g/mol. The third-order valence-corrected chi connectivity index (χ3v) is 6.08. The van der Waals surface area contributed by atoms with E-state index in [4.69, 9.17) is 15.0 Å². The van der Waals surface area contributed by atoms with Crippen LogP contribution in [-0.2, 0) is 4.79 Å². The van der Waals surface area contributed by atoms with Gasteiger partial charge in [-0.25, -0.2) is 4.98 Å². The molecule has 0 spiro atoms. The molecule has 4 rings (SSSR count). The summed E-state index contributed by atoms with van der Waals surface area (Å²) in [7, 11) is 0. The number of amides is 1. The lowest BCUT2D eigenvalue weighted by atomic mass is 10.2. The molecule has 0 aliphatic carbocycles. The quantitative estimate of drug-likeness (QED) is 0.410. The van der Waals surface area contributed by atoms with Crippen molar-refractivity contribution in [1.29, 1.82) is 5.26 Å². The Morgan fingerprint density at radius 2 is 2.03 bits per heavy atom. The summed E-state index contributed by atoms with van der Waals surface area (Å²) in [5.74, 6) is 0.816. The van der Waals surface area contributed by atoms with Crippen molar-refractivity contribution in [3.8, 4) is 17.5 Å². The number of hydrogen-bond donors (Lipinski definition) is 1. The number of thioether (sulfide) groups is 1. The van der Waals surface area contributed by atoms with Gasteiger partial charge in [0.15, 0.2) is 5.16 Å². The number of fused-ring (bicyclic) bond motifs is 1. The van der Waals surface area contributed by atoms with E-state index in [-0.39, 0.29) is 11.7 Å². The highest BCUT2D eigenvalue weighted by atomic mass is 32.2. The fourth-order valence-electron chi connectivity index (χ4n) is 3.00. The molecule has 0 radical (unpaired) electrons. The average Bonchev–Trinajstić information content (AvgIpc) is 3.37. The van der Waals surface area contributed by atoms with Crippen molar-refractivity contribution in [3.63, 3.8) is 0 Å². The van der Waals surface area contributed by atoms with E-state index in [1.807, 2.05) is 60.0 Å². The Hall–Kier alpha value is -3.28. The lowest BCUT2D eigenvalue weighted by molar-refractivity contribution is -0.113. The van der Waals surface area contributed by atoms with Gasteiger partial charge in [-0.05, 0) is 54.8 Å². The van der Waals surface area contributed by atoms with Gasteiger partial charge in [-0.15, -0.1) is 11.3 Å². The van der Waals surface area contributed by atoms with Crippen LogP contribution in [0, 0.1) is 11.3 Å². The van der Waals surface area contributed by atoms with Crippen molar-refractivity contribution >= 4 is 45.0 Å². The number of carbonyl (C=O) groups is 1. The summed E-state index contributed by atoms with van der Waals surface area (Å²) < 4.78 is 7.58. The van der Waals surface area contributed by atoms with Crippen LogP contribution >= 0.6 is 23.1 Å². The summed E-state index contributed by atoms with van der Waals surface area (Å²) in [6.07, 6.45) is 0. The maximum absolute atomic E-state index is 12.4. The molecule has 0 saturated carbocycles. The topological polar surface area (TPSA) is 79.9 Å². The smallest absolute Gasteiger partial charge is 0.235 e. The number of hydrogen-bond acceptors (Lipinski definition) is 6. The van der Waals surface area contributed by atoms with Crippen molar-refractivity contribution in [3.05, 3.63) is 65.5 Å². The number of imidazole rings is 1. The number of ether oxygens (including phenoxy) is 1. The van der Waals surface area contributed by atoms with Gasteiger partial charge in [0.05, 0.1) is 29.0 Å². The summed E-state index contributed by atoms with van der Waals surface area (Å²) in [6.45, 7) is 2.56. The Kier molecular flexibility index (Phi) is 6.02. The Morgan fingerprint density at radius 1 is 1.23 bits per heavy atom. The van der Waals surface area contributed by atoms with Gasteiger partial charge >= 0.3 is 0 Å². The molecule has 1 N–H and O–H groups in total. The third-order valence-electron chi connectivity index (χ3n) is 4.31. The van der Waals surface area contributed by atoms with Gasteiger partial charge < -0.3 is 10.1 Å². The molecule has 0 aliphatic heterocycles. The van der Waals surface area contributed by atoms with Gasteiger partial charge in [0.2, 0.25) is 5.91 Å². The van der Waals surface area contributed by atoms with Crippen molar-refractivity contribution in [1.82, 2.24) is 9.55 Å². The second-order valence-corrected chi connectivity index (χ2v) is 8.12. The van der Waals surface area contributed by atoms with E-state index in [2.05, 4.69) is 11.4 Å². The molecule has 0 fully saturated rings. The normalized spacial score (nSPS) is 10.7. The van der Waals surface area contributed by atoms with E-state index in [1.54, 1.807) is 11.4 Å². The monoisotopic (exact) mass is 434 g/mol. The Balaban J connectivity index is 1.58. The molecule has 0 unspecified atom stereocenters. The van der Waals surface area contributed by atoms with Crippen molar-refractivity contribution in [2.45, 2.75) is 12.1 Å². The summed E-state index contributed by atoms with van der Waals surface area (Å²) in [5, 5.41) is 15.0. The first-order chi connectivity index (χ1) is 14.7. The molecule has 1 amide bonds. The highest BCUT2D eigenvalue weighted by molar-refractivity contribution is 7.99. The maximum atomic E-state index is 12.4. The third kappa shape index (κ3) is 4.17. The zero-order chi connectivity index (χ0) is 20.9. The summed E-state index contributed by atoms with van der Waals surface area (Å²) in [5.41, 5.74) is 3.24. The number of para-hydroxylation sites is 2. The van der Waals surface area contributed by atoms with E-state index >= 15 is 0 Å². The molecule has 150 valence electrons. The molecule has 30 heavy (non-hydrogen) atoms. The minimum Gasteiger partial charge on any atom is -0.494 e.